The van der Waals surface area contributed by atoms with Gasteiger partial charge in [-0.2, -0.15) is 5.10 Å². The van der Waals surface area contributed by atoms with Gasteiger partial charge in [-0.05, 0) is 38.0 Å². The summed E-state index contributed by atoms with van der Waals surface area (Å²) < 4.78 is 1.98. The van der Waals surface area contributed by atoms with Gasteiger partial charge in [0.1, 0.15) is 0 Å². The molecule has 0 bridgehead atoms. The van der Waals surface area contributed by atoms with Crippen LogP contribution in [-0.4, -0.2) is 33.8 Å². The van der Waals surface area contributed by atoms with Crippen LogP contribution in [0.15, 0.2) is 36.7 Å². The van der Waals surface area contributed by atoms with E-state index in [-0.39, 0.29) is 0 Å². The van der Waals surface area contributed by atoms with Crippen molar-refractivity contribution in [1.29, 1.82) is 0 Å². The van der Waals surface area contributed by atoms with Gasteiger partial charge in [0.05, 0.1) is 12.2 Å². The molecule has 0 radical (unpaired) electrons. The van der Waals surface area contributed by atoms with Crippen molar-refractivity contribution in [3.63, 3.8) is 0 Å². The number of nitrogens with zero attached hydrogens (tertiary/aromatic N) is 3. The molecule has 0 spiro atoms. The number of hydrogen-bond donors (Lipinski definition) is 1. The molecule has 22 heavy (non-hydrogen) atoms. The minimum atomic E-state index is 0.293. The van der Waals surface area contributed by atoms with Crippen LogP contribution >= 0.6 is 0 Å². The molecule has 1 aliphatic heterocycles. The highest BCUT2D eigenvalue weighted by Crippen LogP contribution is 2.26. The first-order valence-corrected chi connectivity index (χ1v) is 7.74. The van der Waals surface area contributed by atoms with Crippen molar-refractivity contribution in [3.05, 3.63) is 53.4 Å². The zero-order chi connectivity index (χ0) is 15.9. The van der Waals surface area contributed by atoms with Crippen molar-refractivity contribution < 1.29 is 0 Å². The van der Waals surface area contributed by atoms with Crippen LogP contribution in [0.25, 0.3) is 11.3 Å². The standard InChI is InChI=1S/C18H24N4/c1-12-5-6-13(2)17(7-12)18-14(3)8-22(20-18)9-15(4)21-10-16(19)11-21/h5-8,16H,4,9-11,19H2,1-3H3. The molecule has 1 aliphatic rings. The number of allylic oxidation sites excluding steroid dienone is 1. The topological polar surface area (TPSA) is 47.1 Å². The average molecular weight is 296 g/mol. The maximum Gasteiger partial charge on any atom is 0.0955 e. The van der Waals surface area contributed by atoms with Gasteiger partial charge in [-0.15, -0.1) is 0 Å². The second-order valence-electron chi connectivity index (χ2n) is 6.41. The van der Waals surface area contributed by atoms with E-state index < -0.39 is 0 Å². The highest BCUT2D eigenvalue weighted by atomic mass is 15.3. The minimum Gasteiger partial charge on any atom is -0.371 e. The quantitative estimate of drug-likeness (QED) is 0.943. The zero-order valence-corrected chi connectivity index (χ0v) is 13.6. The molecule has 1 aromatic carbocycles. The van der Waals surface area contributed by atoms with Gasteiger partial charge in [0, 0.05) is 36.6 Å². The van der Waals surface area contributed by atoms with Crippen LogP contribution in [0.5, 0.6) is 0 Å². The van der Waals surface area contributed by atoms with Crippen molar-refractivity contribution in [1.82, 2.24) is 14.7 Å². The molecule has 1 saturated heterocycles. The van der Waals surface area contributed by atoms with Crippen molar-refractivity contribution >= 4 is 0 Å². The van der Waals surface area contributed by atoms with Crippen LogP contribution < -0.4 is 5.73 Å². The molecule has 0 unspecified atom stereocenters. The maximum absolute atomic E-state index is 5.83. The van der Waals surface area contributed by atoms with E-state index in [1.54, 1.807) is 0 Å². The van der Waals surface area contributed by atoms with E-state index >= 15 is 0 Å². The summed E-state index contributed by atoms with van der Waals surface area (Å²) in [5.74, 6) is 0. The molecule has 4 heteroatoms. The summed E-state index contributed by atoms with van der Waals surface area (Å²) in [5.41, 5.74) is 12.9. The fraction of sp³-hybridized carbons (Fsp3) is 0.389. The van der Waals surface area contributed by atoms with E-state index in [1.165, 1.54) is 22.3 Å². The molecule has 2 heterocycles. The predicted octanol–water partition coefficient (Wildman–Crippen LogP) is 2.63. The highest BCUT2D eigenvalue weighted by molar-refractivity contribution is 5.67. The van der Waals surface area contributed by atoms with Crippen LogP contribution in [0.4, 0.5) is 0 Å². The average Bonchev–Trinajstić information content (AvgIpc) is 2.78. The molecule has 0 amide bonds. The van der Waals surface area contributed by atoms with Crippen LogP contribution in [-0.2, 0) is 6.54 Å². The smallest absolute Gasteiger partial charge is 0.0955 e. The number of aryl methyl sites for hydroxylation is 3. The predicted molar refractivity (Wildman–Crippen MR) is 90.6 cm³/mol. The Balaban J connectivity index is 1.82. The van der Waals surface area contributed by atoms with Crippen molar-refractivity contribution in [2.24, 2.45) is 5.73 Å². The number of rotatable bonds is 4. The second-order valence-corrected chi connectivity index (χ2v) is 6.41. The first kappa shape index (κ1) is 14.9. The molecule has 0 aliphatic carbocycles. The lowest BCUT2D eigenvalue weighted by atomic mass is 10.0. The van der Waals surface area contributed by atoms with E-state index in [1.807, 2.05) is 4.68 Å². The molecule has 116 valence electrons. The highest BCUT2D eigenvalue weighted by Gasteiger charge is 2.24. The normalized spacial score (nSPS) is 15.0. The molecule has 2 aromatic rings. The Morgan fingerprint density at radius 3 is 2.68 bits per heavy atom. The Hall–Kier alpha value is -2.07. The third-order valence-electron chi connectivity index (χ3n) is 4.29. The van der Waals surface area contributed by atoms with Gasteiger partial charge in [0.25, 0.3) is 0 Å². The molecule has 2 N–H and O–H groups in total. The monoisotopic (exact) mass is 296 g/mol. The summed E-state index contributed by atoms with van der Waals surface area (Å²) in [6.07, 6.45) is 2.10. The van der Waals surface area contributed by atoms with E-state index in [0.29, 0.717) is 6.04 Å². The third kappa shape index (κ3) is 2.79. The first-order chi connectivity index (χ1) is 10.4. The Morgan fingerprint density at radius 1 is 1.27 bits per heavy atom. The number of likely N-dealkylation sites (tertiary alicyclic amines) is 1. The fourth-order valence-electron chi connectivity index (χ4n) is 2.92. The molecular formula is C18H24N4. The molecule has 1 fully saturated rings. The van der Waals surface area contributed by atoms with E-state index in [0.717, 1.165) is 31.0 Å². The SMILES string of the molecule is C=C(Cn1cc(C)c(-c2cc(C)ccc2C)n1)N1CC(N)C1. The lowest BCUT2D eigenvalue weighted by molar-refractivity contribution is 0.191. The number of aromatic nitrogens is 2. The van der Waals surface area contributed by atoms with Crippen molar-refractivity contribution in [2.75, 3.05) is 13.1 Å². The van der Waals surface area contributed by atoms with Gasteiger partial charge in [-0.1, -0.05) is 24.3 Å². The van der Waals surface area contributed by atoms with Crippen LogP contribution in [0.2, 0.25) is 0 Å². The van der Waals surface area contributed by atoms with Gasteiger partial charge in [0.15, 0.2) is 0 Å². The molecule has 4 nitrogen and oxygen atoms in total. The second kappa shape index (κ2) is 5.61. The van der Waals surface area contributed by atoms with Crippen LogP contribution in [0.3, 0.4) is 0 Å². The summed E-state index contributed by atoms with van der Waals surface area (Å²) in [6, 6.07) is 6.80. The van der Waals surface area contributed by atoms with Gasteiger partial charge in [0.2, 0.25) is 0 Å². The van der Waals surface area contributed by atoms with Crippen LogP contribution in [0, 0.1) is 20.8 Å². The maximum atomic E-state index is 5.83. The molecule has 1 aromatic heterocycles. The minimum absolute atomic E-state index is 0.293. The number of nitrogens with two attached hydrogens (primary N) is 1. The number of hydrogen-bond acceptors (Lipinski definition) is 3. The van der Waals surface area contributed by atoms with Crippen LogP contribution in [0.1, 0.15) is 16.7 Å². The van der Waals surface area contributed by atoms with E-state index in [2.05, 4.69) is 56.6 Å². The van der Waals surface area contributed by atoms with Gasteiger partial charge >= 0.3 is 0 Å². The van der Waals surface area contributed by atoms with Crippen molar-refractivity contribution in [3.8, 4) is 11.3 Å². The van der Waals surface area contributed by atoms with Gasteiger partial charge < -0.3 is 10.6 Å². The third-order valence-corrected chi connectivity index (χ3v) is 4.29. The Bertz CT molecular complexity index is 708. The lowest BCUT2D eigenvalue weighted by Gasteiger charge is -2.40. The van der Waals surface area contributed by atoms with Gasteiger partial charge in [-0.25, -0.2) is 0 Å². The number of benzene rings is 1. The molecular weight excluding hydrogens is 272 g/mol. The summed E-state index contributed by atoms with van der Waals surface area (Å²) in [5, 5.41) is 4.78. The Labute approximate surface area is 132 Å². The lowest BCUT2D eigenvalue weighted by Crippen LogP contribution is -2.55. The summed E-state index contributed by atoms with van der Waals surface area (Å²) in [6.45, 7) is 13.1. The van der Waals surface area contributed by atoms with E-state index in [4.69, 9.17) is 10.8 Å². The van der Waals surface area contributed by atoms with Crippen molar-refractivity contribution in [2.45, 2.75) is 33.4 Å². The largest absolute Gasteiger partial charge is 0.371 e. The Morgan fingerprint density at radius 2 is 2.00 bits per heavy atom. The molecule has 3 rings (SSSR count). The molecule has 0 atom stereocenters. The summed E-state index contributed by atoms with van der Waals surface area (Å²) >= 11 is 0. The van der Waals surface area contributed by atoms with Gasteiger partial charge in [-0.3, -0.25) is 4.68 Å². The zero-order valence-electron chi connectivity index (χ0n) is 13.6. The summed E-state index contributed by atoms with van der Waals surface area (Å²) in [7, 11) is 0. The summed E-state index contributed by atoms with van der Waals surface area (Å²) in [4.78, 5) is 2.22. The van der Waals surface area contributed by atoms with E-state index in [9.17, 15) is 0 Å². The molecule has 0 saturated carbocycles. The first-order valence-electron chi connectivity index (χ1n) is 7.74. The Kier molecular flexibility index (Phi) is 3.79. The fourth-order valence-corrected chi connectivity index (χ4v) is 2.92.